The Kier molecular flexibility index (Phi) is 7.71. The Labute approximate surface area is 369 Å². The van der Waals surface area contributed by atoms with Crippen molar-refractivity contribution >= 4 is 72.3 Å². The number of hydrogen-bond acceptors (Lipinski definition) is 3. The van der Waals surface area contributed by atoms with Crippen LogP contribution in [-0.4, -0.2) is 12.3 Å². The number of para-hydroxylation sites is 1. The predicted molar refractivity (Wildman–Crippen MR) is 264 cm³/mol. The van der Waals surface area contributed by atoms with Gasteiger partial charge >= 0.3 is 0 Å². The number of rotatable bonds is 2. The second-order valence-electron chi connectivity index (χ2n) is 23.2. The standard InChI is InChI=1S/C57H63BN2S/c1-52(2,3)36-22-25-38(26-23-36)59-44-32-35(47-39-18-11-12-19-41(39)54(7)28-13-14-30-56(47,54)9)33-45-48(44)58(51-49(59)40-34-37(53(4,5)6)24-27-46(40)61-51)43-21-17-20-42-50(43)60(45)57(10)31-16-15-29-55(42,57)8/h11-12,17-27,32-34,47H,13-16,28-31H2,1-10H3. The van der Waals surface area contributed by atoms with Gasteiger partial charge in [0.1, 0.15) is 0 Å². The average Bonchev–Trinajstić information content (AvgIpc) is 3.78. The van der Waals surface area contributed by atoms with Gasteiger partial charge in [-0.15, -0.1) is 11.3 Å². The summed E-state index contributed by atoms with van der Waals surface area (Å²) >= 11 is 2.05. The summed E-state index contributed by atoms with van der Waals surface area (Å²) in [5.41, 5.74) is 19.6. The zero-order chi connectivity index (χ0) is 42.2. The van der Waals surface area contributed by atoms with Gasteiger partial charge in [0, 0.05) is 48.9 Å². The van der Waals surface area contributed by atoms with Gasteiger partial charge in [0.25, 0.3) is 6.71 Å². The Morgan fingerprint density at radius 3 is 2.03 bits per heavy atom. The Hall–Kier alpha value is -4.28. The molecule has 0 amide bonds. The zero-order valence-corrected chi connectivity index (χ0v) is 39.2. The molecule has 61 heavy (non-hydrogen) atoms. The maximum Gasteiger partial charge on any atom is 0.264 e. The van der Waals surface area contributed by atoms with Crippen LogP contribution in [0.2, 0.25) is 0 Å². The fourth-order valence-electron chi connectivity index (χ4n) is 14.4. The van der Waals surface area contributed by atoms with Crippen LogP contribution in [0, 0.1) is 5.41 Å². The normalized spacial score (nSPS) is 28.3. The van der Waals surface area contributed by atoms with E-state index in [1.54, 1.807) is 16.7 Å². The Balaban J connectivity index is 1.22. The van der Waals surface area contributed by atoms with Crippen LogP contribution < -0.4 is 25.5 Å². The van der Waals surface area contributed by atoms with Gasteiger partial charge in [-0.3, -0.25) is 0 Å². The van der Waals surface area contributed by atoms with Crippen LogP contribution in [0.1, 0.15) is 160 Å². The minimum absolute atomic E-state index is 0.0148. The zero-order valence-electron chi connectivity index (χ0n) is 38.4. The molecule has 0 saturated heterocycles. The van der Waals surface area contributed by atoms with Crippen molar-refractivity contribution in [1.29, 1.82) is 0 Å². The molecule has 4 heterocycles. The SMILES string of the molecule is CC(C)(C)c1ccc(N2c3cc(C4c5ccccc5C5(C)CCCCC45C)cc4c3B(c3cccc5c3N4C3(C)CCCCC53C)c3sc4ccc(C(C)(C)C)cc4c32)cc1. The van der Waals surface area contributed by atoms with Crippen molar-refractivity contribution in [2.24, 2.45) is 5.41 Å². The molecule has 0 N–H and O–H groups in total. The molecule has 5 unspecified atom stereocenters. The lowest BCUT2D eigenvalue weighted by Crippen LogP contribution is -2.64. The first kappa shape index (κ1) is 38.4. The minimum Gasteiger partial charge on any atom is -0.335 e. The Bertz CT molecular complexity index is 2840. The van der Waals surface area contributed by atoms with Crippen LogP contribution in [0.5, 0.6) is 0 Å². The maximum atomic E-state index is 2.95. The molecule has 0 bridgehead atoms. The van der Waals surface area contributed by atoms with Crippen LogP contribution in [0.4, 0.5) is 28.4 Å². The highest BCUT2D eigenvalue weighted by molar-refractivity contribution is 7.33. The van der Waals surface area contributed by atoms with Crippen molar-refractivity contribution in [3.8, 4) is 0 Å². The van der Waals surface area contributed by atoms with E-state index in [9.17, 15) is 0 Å². The smallest absolute Gasteiger partial charge is 0.264 e. The quantitative estimate of drug-likeness (QED) is 0.160. The lowest BCUT2D eigenvalue weighted by molar-refractivity contribution is 0.0923. The molecule has 0 radical (unpaired) electrons. The molecule has 6 aromatic rings. The number of fused-ring (bicyclic) bond motifs is 12. The molecule has 3 aliphatic heterocycles. The van der Waals surface area contributed by atoms with Gasteiger partial charge in [-0.1, -0.05) is 149 Å². The lowest BCUT2D eigenvalue weighted by Gasteiger charge is -2.53. The fourth-order valence-corrected chi connectivity index (χ4v) is 15.7. The molecular formula is C57H63BN2S. The van der Waals surface area contributed by atoms with Crippen LogP contribution in [0.25, 0.3) is 10.1 Å². The van der Waals surface area contributed by atoms with Gasteiger partial charge in [0.15, 0.2) is 0 Å². The molecule has 2 nitrogen and oxygen atoms in total. The second kappa shape index (κ2) is 12.2. The van der Waals surface area contributed by atoms with Crippen molar-refractivity contribution in [1.82, 2.24) is 0 Å². The van der Waals surface area contributed by atoms with E-state index in [2.05, 4.69) is 187 Å². The third-order valence-electron chi connectivity index (χ3n) is 18.1. The van der Waals surface area contributed by atoms with Gasteiger partial charge < -0.3 is 9.80 Å². The van der Waals surface area contributed by atoms with E-state index >= 15 is 0 Å². The molecule has 2 fully saturated rings. The molecule has 4 heteroatoms. The topological polar surface area (TPSA) is 6.48 Å². The van der Waals surface area contributed by atoms with Gasteiger partial charge in [-0.25, -0.2) is 0 Å². The van der Waals surface area contributed by atoms with Crippen LogP contribution in [0.3, 0.4) is 0 Å². The van der Waals surface area contributed by atoms with Gasteiger partial charge in [-0.2, -0.15) is 0 Å². The summed E-state index contributed by atoms with van der Waals surface area (Å²) in [6.07, 6.45) is 10.2. The third kappa shape index (κ3) is 4.77. The van der Waals surface area contributed by atoms with Gasteiger partial charge in [0.05, 0.1) is 11.2 Å². The minimum atomic E-state index is -0.0148. The van der Waals surface area contributed by atoms with Crippen LogP contribution in [-0.2, 0) is 21.7 Å². The van der Waals surface area contributed by atoms with Crippen LogP contribution >= 0.6 is 11.3 Å². The molecule has 1 aromatic heterocycles. The van der Waals surface area contributed by atoms with E-state index in [-0.39, 0.29) is 39.3 Å². The van der Waals surface area contributed by atoms with Crippen molar-refractivity contribution < 1.29 is 0 Å². The van der Waals surface area contributed by atoms with E-state index in [4.69, 9.17) is 0 Å². The predicted octanol–water partition coefficient (Wildman–Crippen LogP) is 13.8. The molecule has 12 rings (SSSR count). The van der Waals surface area contributed by atoms with E-state index in [1.165, 1.54) is 122 Å². The Morgan fingerprint density at radius 1 is 0.623 bits per heavy atom. The molecule has 5 aromatic carbocycles. The van der Waals surface area contributed by atoms with E-state index < -0.39 is 0 Å². The summed E-state index contributed by atoms with van der Waals surface area (Å²) in [7, 11) is 0. The number of anilines is 5. The van der Waals surface area contributed by atoms with E-state index in [0.717, 1.165) is 0 Å². The number of benzene rings is 5. The molecule has 0 spiro atoms. The van der Waals surface area contributed by atoms with Gasteiger partial charge in [0.2, 0.25) is 0 Å². The third-order valence-corrected chi connectivity index (χ3v) is 19.4. The monoisotopic (exact) mass is 818 g/mol. The molecular weight excluding hydrogens is 756 g/mol. The van der Waals surface area contributed by atoms with E-state index in [0.29, 0.717) is 5.92 Å². The van der Waals surface area contributed by atoms with Crippen molar-refractivity contribution in [3.63, 3.8) is 0 Å². The van der Waals surface area contributed by atoms with Crippen LogP contribution in [0.15, 0.2) is 97.1 Å². The highest BCUT2D eigenvalue weighted by Crippen LogP contribution is 2.68. The second-order valence-corrected chi connectivity index (χ2v) is 24.3. The fraction of sp³-hybridized carbons (Fsp3) is 0.439. The number of nitrogens with zero attached hydrogens (tertiary/aromatic N) is 2. The van der Waals surface area contributed by atoms with E-state index in [1.807, 2.05) is 0 Å². The summed E-state index contributed by atoms with van der Waals surface area (Å²) in [6, 6.07) is 39.7. The first-order valence-corrected chi connectivity index (χ1v) is 24.5. The molecule has 6 aliphatic rings. The molecule has 3 aliphatic carbocycles. The average molecular weight is 819 g/mol. The molecule has 5 atom stereocenters. The highest BCUT2D eigenvalue weighted by Gasteiger charge is 2.63. The summed E-state index contributed by atoms with van der Waals surface area (Å²) in [5, 5.41) is 1.39. The summed E-state index contributed by atoms with van der Waals surface area (Å²) in [6.45, 7) is 24.9. The van der Waals surface area contributed by atoms with Crippen molar-refractivity contribution in [2.75, 3.05) is 9.80 Å². The van der Waals surface area contributed by atoms with Crippen molar-refractivity contribution in [3.05, 3.63) is 130 Å². The first-order valence-electron chi connectivity index (χ1n) is 23.7. The summed E-state index contributed by atoms with van der Waals surface area (Å²) < 4.78 is 2.89. The number of thiophene rings is 1. The largest absolute Gasteiger partial charge is 0.335 e. The summed E-state index contributed by atoms with van der Waals surface area (Å²) in [4.78, 5) is 5.71. The number of hydrogen-bond donors (Lipinski definition) is 0. The molecule has 2 saturated carbocycles. The Morgan fingerprint density at radius 2 is 1.28 bits per heavy atom. The molecule has 310 valence electrons. The van der Waals surface area contributed by atoms with Gasteiger partial charge in [-0.05, 0) is 135 Å². The highest BCUT2D eigenvalue weighted by atomic mass is 32.1. The maximum absolute atomic E-state index is 2.95. The summed E-state index contributed by atoms with van der Waals surface area (Å²) in [5.74, 6) is 0.317. The first-order chi connectivity index (χ1) is 29.0. The lowest BCUT2D eigenvalue weighted by atomic mass is 9.36. The van der Waals surface area contributed by atoms with Crippen molar-refractivity contribution in [2.45, 2.75) is 154 Å².